The Hall–Kier alpha value is -0.930. The number of hydrogen-bond acceptors (Lipinski definition) is 3. The van der Waals surface area contributed by atoms with Gasteiger partial charge in [0.05, 0.1) is 5.60 Å². The minimum absolute atomic E-state index is 0.0289. The van der Waals surface area contributed by atoms with Gasteiger partial charge in [0.25, 0.3) is 0 Å². The molecule has 1 aromatic heterocycles. The molecule has 3 nitrogen and oxygen atoms in total. The SMILES string of the molecule is CCNC(Cc1ccc(CC)cn1)C1(OC)CCC1. The maximum absolute atomic E-state index is 5.82. The smallest absolute Gasteiger partial charge is 0.0834 e. The van der Waals surface area contributed by atoms with Crippen LogP contribution in [-0.4, -0.2) is 30.3 Å². The topological polar surface area (TPSA) is 34.2 Å². The van der Waals surface area contributed by atoms with Crippen LogP contribution in [0.3, 0.4) is 0 Å². The number of pyridine rings is 1. The number of ether oxygens (including phenoxy) is 1. The van der Waals surface area contributed by atoms with Gasteiger partial charge in [-0.25, -0.2) is 0 Å². The van der Waals surface area contributed by atoms with Crippen molar-refractivity contribution in [2.45, 2.75) is 57.6 Å². The largest absolute Gasteiger partial charge is 0.377 e. The Morgan fingerprint density at radius 3 is 2.58 bits per heavy atom. The molecule has 0 spiro atoms. The van der Waals surface area contributed by atoms with Crippen molar-refractivity contribution in [1.29, 1.82) is 0 Å². The lowest BCUT2D eigenvalue weighted by Crippen LogP contribution is -2.57. The van der Waals surface area contributed by atoms with Crippen LogP contribution in [0.4, 0.5) is 0 Å². The van der Waals surface area contributed by atoms with Gasteiger partial charge in [-0.2, -0.15) is 0 Å². The van der Waals surface area contributed by atoms with Crippen molar-refractivity contribution in [2.75, 3.05) is 13.7 Å². The van der Waals surface area contributed by atoms with Crippen LogP contribution in [0.1, 0.15) is 44.4 Å². The second-order valence-corrected chi connectivity index (χ2v) is 5.45. The highest BCUT2D eigenvalue weighted by molar-refractivity contribution is 5.16. The lowest BCUT2D eigenvalue weighted by molar-refractivity contribution is -0.0979. The Balaban J connectivity index is 2.07. The van der Waals surface area contributed by atoms with Crippen molar-refractivity contribution in [3.05, 3.63) is 29.6 Å². The molecular formula is C16H26N2O. The van der Waals surface area contributed by atoms with Crippen molar-refractivity contribution < 1.29 is 4.74 Å². The van der Waals surface area contributed by atoms with Crippen molar-refractivity contribution in [3.63, 3.8) is 0 Å². The maximum Gasteiger partial charge on any atom is 0.0834 e. The zero-order valence-electron chi connectivity index (χ0n) is 12.4. The van der Waals surface area contributed by atoms with Gasteiger partial charge >= 0.3 is 0 Å². The summed E-state index contributed by atoms with van der Waals surface area (Å²) in [5, 5.41) is 3.59. The van der Waals surface area contributed by atoms with E-state index in [9.17, 15) is 0 Å². The molecule has 2 rings (SSSR count). The molecule has 1 N–H and O–H groups in total. The van der Waals surface area contributed by atoms with Gasteiger partial charge in [0.2, 0.25) is 0 Å². The van der Waals surface area contributed by atoms with Crippen LogP contribution in [0.15, 0.2) is 18.3 Å². The van der Waals surface area contributed by atoms with Gasteiger partial charge in [-0.15, -0.1) is 0 Å². The molecule has 1 aliphatic rings. The summed E-state index contributed by atoms with van der Waals surface area (Å²) in [6.07, 6.45) is 7.59. The quantitative estimate of drug-likeness (QED) is 0.820. The van der Waals surface area contributed by atoms with Crippen molar-refractivity contribution in [1.82, 2.24) is 10.3 Å². The van der Waals surface area contributed by atoms with E-state index >= 15 is 0 Å². The maximum atomic E-state index is 5.82. The molecule has 1 heterocycles. The van der Waals surface area contributed by atoms with E-state index in [0.717, 1.165) is 37.9 Å². The number of likely N-dealkylation sites (N-methyl/N-ethyl adjacent to an activating group) is 1. The predicted molar refractivity (Wildman–Crippen MR) is 78.4 cm³/mol. The number of rotatable bonds is 7. The first-order valence-corrected chi connectivity index (χ1v) is 7.46. The number of methoxy groups -OCH3 is 1. The van der Waals surface area contributed by atoms with Crippen LogP contribution in [-0.2, 0) is 17.6 Å². The number of aromatic nitrogens is 1. The van der Waals surface area contributed by atoms with Crippen LogP contribution in [0.2, 0.25) is 0 Å². The molecule has 106 valence electrons. The monoisotopic (exact) mass is 262 g/mol. The summed E-state index contributed by atoms with van der Waals surface area (Å²) in [6.45, 7) is 5.29. The number of aryl methyl sites for hydroxylation is 1. The Morgan fingerprint density at radius 1 is 1.37 bits per heavy atom. The lowest BCUT2D eigenvalue weighted by Gasteiger charge is -2.46. The van der Waals surface area contributed by atoms with Gasteiger partial charge in [-0.1, -0.05) is 19.9 Å². The minimum Gasteiger partial charge on any atom is -0.377 e. The van der Waals surface area contributed by atoms with E-state index in [1.807, 2.05) is 13.3 Å². The third-order valence-electron chi connectivity index (χ3n) is 4.40. The Morgan fingerprint density at radius 2 is 2.16 bits per heavy atom. The summed E-state index contributed by atoms with van der Waals surface area (Å²) in [4.78, 5) is 4.58. The van der Waals surface area contributed by atoms with Crippen LogP contribution in [0.25, 0.3) is 0 Å². The molecule has 19 heavy (non-hydrogen) atoms. The van der Waals surface area contributed by atoms with Gasteiger partial charge < -0.3 is 10.1 Å². The van der Waals surface area contributed by atoms with Crippen LogP contribution in [0.5, 0.6) is 0 Å². The molecule has 0 bridgehead atoms. The fourth-order valence-corrected chi connectivity index (χ4v) is 2.90. The summed E-state index contributed by atoms with van der Waals surface area (Å²) in [6, 6.07) is 4.72. The third-order valence-corrected chi connectivity index (χ3v) is 4.40. The second kappa shape index (κ2) is 6.49. The molecule has 0 saturated heterocycles. The van der Waals surface area contributed by atoms with Crippen molar-refractivity contribution in [3.8, 4) is 0 Å². The molecule has 0 aliphatic heterocycles. The van der Waals surface area contributed by atoms with Gasteiger partial charge in [-0.3, -0.25) is 4.98 Å². The molecule has 3 heteroatoms. The van der Waals surface area contributed by atoms with E-state index in [1.54, 1.807) is 0 Å². The predicted octanol–water partition coefficient (Wildman–Crippen LogP) is 2.73. The van der Waals surface area contributed by atoms with E-state index in [2.05, 4.69) is 36.3 Å². The third kappa shape index (κ3) is 3.15. The summed E-state index contributed by atoms with van der Waals surface area (Å²) in [5.74, 6) is 0. The molecule has 1 aliphatic carbocycles. The van der Waals surface area contributed by atoms with E-state index < -0.39 is 0 Å². The molecule has 1 aromatic rings. The molecule has 0 radical (unpaired) electrons. The molecule has 1 saturated carbocycles. The highest BCUT2D eigenvalue weighted by Crippen LogP contribution is 2.39. The first-order chi connectivity index (χ1) is 9.24. The number of hydrogen-bond donors (Lipinski definition) is 1. The molecule has 0 aromatic carbocycles. The van der Waals surface area contributed by atoms with Crippen LogP contribution in [0, 0.1) is 0 Å². The number of nitrogens with one attached hydrogen (secondary N) is 1. The highest BCUT2D eigenvalue weighted by atomic mass is 16.5. The van der Waals surface area contributed by atoms with Gasteiger partial charge in [0.15, 0.2) is 0 Å². The highest BCUT2D eigenvalue weighted by Gasteiger charge is 2.44. The van der Waals surface area contributed by atoms with E-state index in [4.69, 9.17) is 4.74 Å². The van der Waals surface area contributed by atoms with Gasteiger partial charge in [0.1, 0.15) is 0 Å². The molecule has 1 unspecified atom stereocenters. The lowest BCUT2D eigenvalue weighted by atomic mass is 9.73. The molecule has 1 fully saturated rings. The zero-order chi connectivity index (χ0) is 13.7. The molecule has 0 amide bonds. The zero-order valence-corrected chi connectivity index (χ0v) is 12.4. The summed E-state index contributed by atoms with van der Waals surface area (Å²) < 4.78 is 5.82. The molecular weight excluding hydrogens is 236 g/mol. The average Bonchev–Trinajstić information content (AvgIpc) is 2.39. The Labute approximate surface area is 116 Å². The standard InChI is InChI=1S/C16H26N2O/c1-4-13-7-8-14(18-12-13)11-15(17-5-2)16(19-3)9-6-10-16/h7-8,12,15,17H,4-6,9-11H2,1-3H3. The van der Waals surface area contributed by atoms with Crippen LogP contribution >= 0.6 is 0 Å². The Kier molecular flexibility index (Phi) is 4.94. The summed E-state index contributed by atoms with van der Waals surface area (Å²) in [5.41, 5.74) is 2.49. The molecule has 1 atom stereocenters. The van der Waals surface area contributed by atoms with E-state index in [1.165, 1.54) is 12.0 Å². The fourth-order valence-electron chi connectivity index (χ4n) is 2.90. The average molecular weight is 262 g/mol. The first kappa shape index (κ1) is 14.5. The Bertz CT molecular complexity index is 379. The van der Waals surface area contributed by atoms with Gasteiger partial charge in [-0.05, 0) is 43.9 Å². The van der Waals surface area contributed by atoms with Crippen LogP contribution < -0.4 is 5.32 Å². The normalized spacial score (nSPS) is 18.9. The van der Waals surface area contributed by atoms with Crippen molar-refractivity contribution in [2.24, 2.45) is 0 Å². The van der Waals surface area contributed by atoms with E-state index in [-0.39, 0.29) is 5.60 Å². The second-order valence-electron chi connectivity index (χ2n) is 5.45. The summed E-state index contributed by atoms with van der Waals surface area (Å²) >= 11 is 0. The van der Waals surface area contributed by atoms with Crippen molar-refractivity contribution >= 4 is 0 Å². The van der Waals surface area contributed by atoms with E-state index in [0.29, 0.717) is 6.04 Å². The first-order valence-electron chi connectivity index (χ1n) is 7.46. The number of nitrogens with zero attached hydrogens (tertiary/aromatic N) is 1. The minimum atomic E-state index is 0.0289. The summed E-state index contributed by atoms with van der Waals surface area (Å²) in [7, 11) is 1.84. The van der Waals surface area contributed by atoms with Gasteiger partial charge in [0, 0.05) is 31.5 Å². The fraction of sp³-hybridized carbons (Fsp3) is 0.688.